The van der Waals surface area contributed by atoms with Crippen LogP contribution >= 0.6 is 23.2 Å². The van der Waals surface area contributed by atoms with Gasteiger partial charge in [0.15, 0.2) is 0 Å². The minimum atomic E-state index is -1.76. The number of ether oxygens (including phenoxy) is 2. The Labute approximate surface area is 174 Å². The van der Waals surface area contributed by atoms with Crippen molar-refractivity contribution in [1.82, 2.24) is 4.90 Å². The van der Waals surface area contributed by atoms with E-state index in [4.69, 9.17) is 37.8 Å². The van der Waals surface area contributed by atoms with Crippen molar-refractivity contribution in [3.8, 4) is 11.5 Å². The molecule has 0 unspecified atom stereocenters. The van der Waals surface area contributed by atoms with Crippen LogP contribution in [0.5, 0.6) is 11.5 Å². The van der Waals surface area contributed by atoms with Gasteiger partial charge in [0.2, 0.25) is 5.78 Å². The highest BCUT2D eigenvalue weighted by molar-refractivity contribution is 6.51. The first-order valence-corrected chi connectivity index (χ1v) is 9.98. The van der Waals surface area contributed by atoms with Crippen molar-refractivity contribution in [2.75, 3.05) is 20.3 Å². The van der Waals surface area contributed by atoms with E-state index in [0.717, 1.165) is 23.3 Å². The molecule has 2 heterocycles. The molecular weight excluding hydrogens is 405 g/mol. The summed E-state index contributed by atoms with van der Waals surface area (Å²) in [5, 5.41) is 8.76. The van der Waals surface area contributed by atoms with Crippen LogP contribution < -0.4 is 9.47 Å². The predicted molar refractivity (Wildman–Crippen MR) is 106 cm³/mol. The van der Waals surface area contributed by atoms with E-state index in [9.17, 15) is 9.59 Å². The highest BCUT2D eigenvalue weighted by Gasteiger charge is 2.61. The van der Waals surface area contributed by atoms with Crippen LogP contribution in [0.3, 0.4) is 0 Å². The molecule has 3 rings (SSSR count). The summed E-state index contributed by atoms with van der Waals surface area (Å²) in [6.45, 7) is 4.27. The van der Waals surface area contributed by atoms with E-state index in [0.29, 0.717) is 29.4 Å². The van der Waals surface area contributed by atoms with Crippen LogP contribution in [0.1, 0.15) is 42.6 Å². The smallest absolute Gasteiger partial charge is 0.287 e. The number of hydrogen-bond acceptors (Lipinski definition) is 5. The highest BCUT2D eigenvalue weighted by Crippen LogP contribution is 2.50. The highest BCUT2D eigenvalue weighted by atomic mass is 35.5. The van der Waals surface area contributed by atoms with E-state index in [2.05, 4.69) is 13.8 Å². The van der Waals surface area contributed by atoms with Gasteiger partial charge in [-0.15, -0.1) is 0 Å². The average molecular weight is 428 g/mol. The molecule has 1 atom stereocenters. The van der Waals surface area contributed by atoms with Gasteiger partial charge in [0, 0.05) is 12.6 Å². The van der Waals surface area contributed by atoms with E-state index >= 15 is 0 Å². The van der Waals surface area contributed by atoms with Crippen LogP contribution in [0, 0.1) is 5.92 Å². The molecule has 0 saturated heterocycles. The first kappa shape index (κ1) is 21.0. The number of ketones is 1. The summed E-state index contributed by atoms with van der Waals surface area (Å²) in [5.74, 6) is 0.430. The molecule has 6 nitrogen and oxygen atoms in total. The van der Waals surface area contributed by atoms with Gasteiger partial charge >= 0.3 is 0 Å². The third-order valence-corrected chi connectivity index (χ3v) is 5.92. The number of amides is 1. The Bertz CT molecular complexity index is 851. The number of carbonyl (C=O) groups excluding carboxylic acids is 2. The van der Waals surface area contributed by atoms with Gasteiger partial charge in [-0.1, -0.05) is 43.5 Å². The Balaban J connectivity index is 2.05. The van der Waals surface area contributed by atoms with Gasteiger partial charge in [0.25, 0.3) is 11.6 Å². The summed E-state index contributed by atoms with van der Waals surface area (Å²) in [7, 11) is 1.44. The van der Waals surface area contributed by atoms with Crippen molar-refractivity contribution in [3.63, 3.8) is 0 Å². The van der Waals surface area contributed by atoms with Crippen molar-refractivity contribution >= 4 is 34.9 Å². The Morgan fingerprint density at radius 2 is 2.00 bits per heavy atom. The standard InChI is InChI=1S/C20H23Cl2NO5/c1-11(2)5-4-6-12-14(27-10-9-24)8-7-13-16(12)28-20(18(13)25)17(22)15(21)19(26)23(20)3/h7-8,11,24H,4-6,9-10H2,1-3H3/t20-/m0/s1. The van der Waals surface area contributed by atoms with E-state index in [1.54, 1.807) is 12.1 Å². The zero-order valence-electron chi connectivity index (χ0n) is 16.1. The monoisotopic (exact) mass is 427 g/mol. The van der Waals surface area contributed by atoms with Gasteiger partial charge in [-0.05, 0) is 30.9 Å². The zero-order valence-corrected chi connectivity index (χ0v) is 17.6. The minimum Gasteiger partial charge on any atom is -0.491 e. The molecule has 0 aliphatic carbocycles. The van der Waals surface area contributed by atoms with Gasteiger partial charge < -0.3 is 14.6 Å². The van der Waals surface area contributed by atoms with Crippen LogP contribution in [0.4, 0.5) is 0 Å². The maximum atomic E-state index is 13.2. The summed E-state index contributed by atoms with van der Waals surface area (Å²) in [6.07, 6.45) is 2.48. The molecule has 8 heteroatoms. The number of fused-ring (bicyclic) bond motifs is 1. The number of benzene rings is 1. The lowest BCUT2D eigenvalue weighted by atomic mass is 9.97. The Morgan fingerprint density at radius 1 is 1.29 bits per heavy atom. The van der Waals surface area contributed by atoms with Crippen molar-refractivity contribution in [3.05, 3.63) is 33.3 Å². The number of likely N-dealkylation sites (N-methyl/N-ethyl adjacent to an activating group) is 1. The van der Waals surface area contributed by atoms with Crippen molar-refractivity contribution in [2.45, 2.75) is 38.8 Å². The molecule has 1 amide bonds. The zero-order chi connectivity index (χ0) is 20.6. The molecule has 1 aromatic carbocycles. The van der Waals surface area contributed by atoms with Crippen molar-refractivity contribution in [2.24, 2.45) is 5.92 Å². The molecule has 1 spiro atoms. The quantitative estimate of drug-likeness (QED) is 0.720. The molecule has 2 aliphatic heterocycles. The second-order valence-corrected chi connectivity index (χ2v) is 8.10. The van der Waals surface area contributed by atoms with Gasteiger partial charge in [-0.3, -0.25) is 14.5 Å². The topological polar surface area (TPSA) is 76.1 Å². The van der Waals surface area contributed by atoms with Gasteiger partial charge in [0.1, 0.15) is 28.2 Å². The molecular formula is C20H23Cl2NO5. The van der Waals surface area contributed by atoms with Gasteiger partial charge in [0.05, 0.1) is 12.2 Å². The molecule has 0 aromatic heterocycles. The minimum absolute atomic E-state index is 0.125. The second kappa shape index (κ2) is 7.93. The normalized spacial score (nSPS) is 21.2. The van der Waals surface area contributed by atoms with Crippen LogP contribution in [0.25, 0.3) is 0 Å². The maximum Gasteiger partial charge on any atom is 0.287 e. The van der Waals surface area contributed by atoms with Crippen molar-refractivity contribution < 1.29 is 24.2 Å². The van der Waals surface area contributed by atoms with E-state index in [1.807, 2.05) is 0 Å². The molecule has 1 aromatic rings. The summed E-state index contributed by atoms with van der Waals surface area (Å²) < 4.78 is 11.7. The van der Waals surface area contributed by atoms with Gasteiger partial charge in [-0.25, -0.2) is 0 Å². The average Bonchev–Trinajstić information content (AvgIpc) is 3.05. The van der Waals surface area contributed by atoms with Crippen molar-refractivity contribution in [1.29, 1.82) is 0 Å². The number of Topliss-reactive ketones (excluding diaryl/α,β-unsaturated/α-hetero) is 1. The largest absolute Gasteiger partial charge is 0.491 e. The lowest BCUT2D eigenvalue weighted by Crippen LogP contribution is -2.53. The SMILES string of the molecule is CC(C)CCCc1c(OCCO)ccc2c1O[C@]1(C2=O)C(Cl)=C(Cl)C(=O)N1C. The fourth-order valence-corrected chi connectivity index (χ4v) is 4.13. The Morgan fingerprint density at radius 3 is 2.57 bits per heavy atom. The van der Waals surface area contributed by atoms with Gasteiger partial charge in [-0.2, -0.15) is 0 Å². The lowest BCUT2D eigenvalue weighted by molar-refractivity contribution is -0.131. The number of halogens is 2. The van der Waals surface area contributed by atoms with Crippen LogP contribution in [0.15, 0.2) is 22.2 Å². The number of hydrogen-bond donors (Lipinski definition) is 1. The Kier molecular flexibility index (Phi) is 5.94. The fraction of sp³-hybridized carbons (Fsp3) is 0.500. The lowest BCUT2D eigenvalue weighted by Gasteiger charge is -2.30. The summed E-state index contributed by atoms with van der Waals surface area (Å²) in [5.41, 5.74) is -0.703. The number of rotatable bonds is 7. The summed E-state index contributed by atoms with van der Waals surface area (Å²) in [4.78, 5) is 26.6. The molecule has 2 aliphatic rings. The van der Waals surface area contributed by atoms with E-state index in [1.165, 1.54) is 7.05 Å². The molecule has 0 bridgehead atoms. The van der Waals surface area contributed by atoms with Crippen LogP contribution in [-0.2, 0) is 11.2 Å². The number of carbonyl (C=O) groups is 2. The number of nitrogens with zero attached hydrogens (tertiary/aromatic N) is 1. The van der Waals surface area contributed by atoms with E-state index in [-0.39, 0.29) is 23.3 Å². The number of aliphatic hydroxyl groups excluding tert-OH is 1. The third-order valence-electron chi connectivity index (χ3n) is 5.03. The molecule has 0 radical (unpaired) electrons. The maximum absolute atomic E-state index is 13.2. The third kappa shape index (κ3) is 3.17. The fourth-order valence-electron chi connectivity index (χ4n) is 3.54. The second-order valence-electron chi connectivity index (χ2n) is 7.34. The molecule has 0 saturated carbocycles. The summed E-state index contributed by atoms with van der Waals surface area (Å²) in [6, 6.07) is 3.29. The molecule has 0 fully saturated rings. The van der Waals surface area contributed by atoms with Crippen LogP contribution in [-0.4, -0.2) is 47.7 Å². The first-order chi connectivity index (χ1) is 13.3. The predicted octanol–water partition coefficient (Wildman–Crippen LogP) is 3.47. The van der Waals surface area contributed by atoms with E-state index < -0.39 is 17.4 Å². The molecule has 28 heavy (non-hydrogen) atoms. The van der Waals surface area contributed by atoms with Crippen LogP contribution in [0.2, 0.25) is 0 Å². The summed E-state index contributed by atoms with van der Waals surface area (Å²) >= 11 is 12.3. The molecule has 152 valence electrons. The Hall–Kier alpha value is -1.76. The number of aliphatic hydroxyl groups is 1. The first-order valence-electron chi connectivity index (χ1n) is 9.23. The molecule has 1 N–H and O–H groups in total.